The van der Waals surface area contributed by atoms with Crippen molar-refractivity contribution >= 4 is 17.2 Å². The number of ether oxygens (including phenoxy) is 1. The number of hydrogen-bond acceptors (Lipinski definition) is 4. The van der Waals surface area contributed by atoms with Crippen LogP contribution in [0.4, 0.5) is 0 Å². The highest BCUT2D eigenvalue weighted by Gasteiger charge is 2.38. The van der Waals surface area contributed by atoms with Crippen LogP contribution in [0.5, 0.6) is 0 Å². The lowest BCUT2D eigenvalue weighted by Gasteiger charge is -2.25. The van der Waals surface area contributed by atoms with Crippen LogP contribution >= 0.6 is 11.3 Å². The molecule has 4 nitrogen and oxygen atoms in total. The summed E-state index contributed by atoms with van der Waals surface area (Å²) in [5.41, 5.74) is 0. The summed E-state index contributed by atoms with van der Waals surface area (Å²) in [5, 5.41) is 5.35. The van der Waals surface area contributed by atoms with Gasteiger partial charge >= 0.3 is 0 Å². The number of rotatable bonds is 4. The van der Waals surface area contributed by atoms with Crippen LogP contribution in [0, 0.1) is 0 Å². The molecule has 0 radical (unpaired) electrons. The zero-order valence-corrected chi connectivity index (χ0v) is 11.2. The molecule has 2 heterocycles. The molecule has 0 spiro atoms. The van der Waals surface area contributed by atoms with E-state index in [1.165, 1.54) is 4.88 Å². The Labute approximate surface area is 106 Å². The fourth-order valence-corrected chi connectivity index (χ4v) is 2.80. The van der Waals surface area contributed by atoms with E-state index in [4.69, 9.17) is 4.74 Å². The predicted molar refractivity (Wildman–Crippen MR) is 67.8 cm³/mol. The Morgan fingerprint density at radius 2 is 2.41 bits per heavy atom. The fraction of sp³-hybridized carbons (Fsp3) is 0.583. The molecule has 1 fully saturated rings. The highest BCUT2D eigenvalue weighted by Crippen LogP contribution is 2.28. The second-order valence-electron chi connectivity index (χ2n) is 4.34. The van der Waals surface area contributed by atoms with Crippen LogP contribution in [0.15, 0.2) is 17.5 Å². The number of carbonyl (C=O) groups is 1. The van der Waals surface area contributed by atoms with Crippen molar-refractivity contribution < 1.29 is 9.53 Å². The molecule has 1 aliphatic heterocycles. The van der Waals surface area contributed by atoms with Gasteiger partial charge in [0.1, 0.15) is 6.17 Å². The lowest BCUT2D eigenvalue weighted by Crippen LogP contribution is -2.36. The molecule has 2 rings (SSSR count). The normalized spacial score (nSPS) is 26.5. The number of nitrogens with zero attached hydrogens (tertiary/aromatic N) is 1. The van der Waals surface area contributed by atoms with Crippen molar-refractivity contribution in [3.05, 3.63) is 22.4 Å². The minimum Gasteiger partial charge on any atom is -0.380 e. The van der Waals surface area contributed by atoms with E-state index in [1.807, 2.05) is 30.2 Å². The molecule has 0 aliphatic carbocycles. The molecule has 1 aromatic rings. The van der Waals surface area contributed by atoms with Crippen molar-refractivity contribution in [2.45, 2.75) is 32.2 Å². The van der Waals surface area contributed by atoms with Crippen molar-refractivity contribution in [2.24, 2.45) is 0 Å². The largest absolute Gasteiger partial charge is 0.380 e. The van der Waals surface area contributed by atoms with E-state index < -0.39 is 0 Å². The van der Waals surface area contributed by atoms with E-state index in [2.05, 4.69) is 11.4 Å². The molecule has 94 valence electrons. The standard InChI is InChI=1S/C12H18N2O2S/c1-8(16-3)7-14-11(10-5-4-6-17-10)13-9(2)12(14)15/h4-6,8-9,11,13H,7H2,1-3H3. The van der Waals surface area contributed by atoms with E-state index >= 15 is 0 Å². The number of methoxy groups -OCH3 is 1. The van der Waals surface area contributed by atoms with Gasteiger partial charge in [-0.15, -0.1) is 11.3 Å². The SMILES string of the molecule is COC(C)CN1C(=O)C(C)NC1c1cccs1. The van der Waals surface area contributed by atoms with Crippen molar-refractivity contribution in [1.29, 1.82) is 0 Å². The van der Waals surface area contributed by atoms with Gasteiger partial charge in [0.15, 0.2) is 0 Å². The fourth-order valence-electron chi connectivity index (χ4n) is 2.00. The zero-order valence-electron chi connectivity index (χ0n) is 10.3. The van der Waals surface area contributed by atoms with E-state index in [0.29, 0.717) is 6.54 Å². The summed E-state index contributed by atoms with van der Waals surface area (Å²) in [6.45, 7) is 4.50. The minimum absolute atomic E-state index is 0.00454. The summed E-state index contributed by atoms with van der Waals surface area (Å²) < 4.78 is 5.24. The Hall–Kier alpha value is -0.910. The average Bonchev–Trinajstić information content (AvgIpc) is 2.92. The van der Waals surface area contributed by atoms with E-state index in [9.17, 15) is 4.79 Å². The molecule has 1 aliphatic rings. The topological polar surface area (TPSA) is 41.6 Å². The smallest absolute Gasteiger partial charge is 0.241 e. The third-order valence-corrected chi connectivity index (χ3v) is 3.97. The minimum atomic E-state index is -0.119. The van der Waals surface area contributed by atoms with E-state index in [1.54, 1.807) is 18.4 Å². The second-order valence-corrected chi connectivity index (χ2v) is 5.32. The molecule has 5 heteroatoms. The first kappa shape index (κ1) is 12.5. The molecule has 3 unspecified atom stereocenters. The van der Waals surface area contributed by atoms with Gasteiger partial charge in [0.2, 0.25) is 5.91 Å². The molecule has 17 heavy (non-hydrogen) atoms. The first-order valence-electron chi connectivity index (χ1n) is 5.76. The summed E-state index contributed by atoms with van der Waals surface area (Å²) >= 11 is 1.67. The third kappa shape index (κ3) is 2.51. The molecular weight excluding hydrogens is 236 g/mol. The maximum absolute atomic E-state index is 12.1. The first-order chi connectivity index (χ1) is 8.13. The number of thiophene rings is 1. The number of hydrogen-bond donors (Lipinski definition) is 1. The quantitative estimate of drug-likeness (QED) is 0.887. The lowest BCUT2D eigenvalue weighted by atomic mass is 10.3. The predicted octanol–water partition coefficient (Wildman–Crippen LogP) is 1.60. The van der Waals surface area contributed by atoms with Gasteiger partial charge in [0.05, 0.1) is 12.1 Å². The monoisotopic (exact) mass is 254 g/mol. The van der Waals surface area contributed by atoms with E-state index in [-0.39, 0.29) is 24.2 Å². The molecule has 0 aromatic carbocycles. The zero-order chi connectivity index (χ0) is 12.4. The molecule has 1 N–H and O–H groups in total. The van der Waals surface area contributed by atoms with Crippen LogP contribution in [0.3, 0.4) is 0 Å². The number of amides is 1. The molecule has 0 bridgehead atoms. The van der Waals surface area contributed by atoms with Gasteiger partial charge in [-0.2, -0.15) is 0 Å². The maximum Gasteiger partial charge on any atom is 0.241 e. The highest BCUT2D eigenvalue weighted by molar-refractivity contribution is 7.10. The Kier molecular flexibility index (Phi) is 3.81. The van der Waals surface area contributed by atoms with Gasteiger partial charge in [-0.25, -0.2) is 0 Å². The molecule has 1 saturated heterocycles. The van der Waals surface area contributed by atoms with Crippen LogP contribution in [0.1, 0.15) is 24.9 Å². The molecule has 0 saturated carbocycles. The Morgan fingerprint density at radius 1 is 1.65 bits per heavy atom. The Bertz CT molecular complexity index is 380. The van der Waals surface area contributed by atoms with Crippen molar-refractivity contribution in [1.82, 2.24) is 10.2 Å². The van der Waals surface area contributed by atoms with Crippen LogP contribution in [0.25, 0.3) is 0 Å². The first-order valence-corrected chi connectivity index (χ1v) is 6.64. The molecule has 1 aromatic heterocycles. The molecule has 1 amide bonds. The van der Waals surface area contributed by atoms with Crippen molar-refractivity contribution in [2.75, 3.05) is 13.7 Å². The lowest BCUT2D eigenvalue weighted by molar-refractivity contribution is -0.131. The van der Waals surface area contributed by atoms with Crippen molar-refractivity contribution in [3.63, 3.8) is 0 Å². The maximum atomic E-state index is 12.1. The van der Waals surface area contributed by atoms with Gasteiger partial charge < -0.3 is 9.64 Å². The van der Waals surface area contributed by atoms with Crippen LogP contribution < -0.4 is 5.32 Å². The van der Waals surface area contributed by atoms with Gasteiger partial charge in [-0.1, -0.05) is 6.07 Å². The van der Waals surface area contributed by atoms with Crippen LogP contribution in [-0.4, -0.2) is 36.6 Å². The van der Waals surface area contributed by atoms with Gasteiger partial charge in [-0.3, -0.25) is 10.1 Å². The summed E-state index contributed by atoms with van der Waals surface area (Å²) in [6.07, 6.45) is 0.0450. The summed E-state index contributed by atoms with van der Waals surface area (Å²) in [4.78, 5) is 15.1. The average molecular weight is 254 g/mol. The van der Waals surface area contributed by atoms with Gasteiger partial charge in [0.25, 0.3) is 0 Å². The third-order valence-electron chi connectivity index (χ3n) is 3.04. The van der Waals surface area contributed by atoms with E-state index in [0.717, 1.165) is 0 Å². The summed E-state index contributed by atoms with van der Waals surface area (Å²) in [7, 11) is 1.67. The molecule has 3 atom stereocenters. The molecular formula is C12H18N2O2S. The van der Waals surface area contributed by atoms with Crippen LogP contribution in [0.2, 0.25) is 0 Å². The second kappa shape index (κ2) is 5.16. The number of carbonyl (C=O) groups excluding carboxylic acids is 1. The highest BCUT2D eigenvalue weighted by atomic mass is 32.1. The summed E-state index contributed by atoms with van der Waals surface area (Å²) in [6, 6.07) is 3.94. The van der Waals surface area contributed by atoms with Gasteiger partial charge in [-0.05, 0) is 25.3 Å². The van der Waals surface area contributed by atoms with Gasteiger partial charge in [0, 0.05) is 18.5 Å². The Morgan fingerprint density at radius 3 is 3.00 bits per heavy atom. The number of nitrogens with one attached hydrogen (secondary N) is 1. The summed E-state index contributed by atoms with van der Waals surface area (Å²) in [5.74, 6) is 0.146. The Balaban J connectivity index is 2.16. The van der Waals surface area contributed by atoms with Crippen molar-refractivity contribution in [3.8, 4) is 0 Å². The van der Waals surface area contributed by atoms with Crippen LogP contribution in [-0.2, 0) is 9.53 Å².